The molecule has 0 saturated carbocycles. The van der Waals surface area contributed by atoms with Crippen LogP contribution in [0.3, 0.4) is 0 Å². The lowest BCUT2D eigenvalue weighted by Crippen LogP contribution is -2.02. The zero-order chi connectivity index (χ0) is 14.3. The highest BCUT2D eigenvalue weighted by molar-refractivity contribution is 6.30. The summed E-state index contributed by atoms with van der Waals surface area (Å²) in [6.07, 6.45) is 0. The van der Waals surface area contributed by atoms with E-state index in [-0.39, 0.29) is 11.6 Å². The van der Waals surface area contributed by atoms with Crippen LogP contribution in [0.25, 0.3) is 16.7 Å². The second-order valence-corrected chi connectivity index (χ2v) is 4.62. The van der Waals surface area contributed by atoms with E-state index in [0.29, 0.717) is 21.6 Å². The van der Waals surface area contributed by atoms with Gasteiger partial charge in [-0.1, -0.05) is 17.7 Å². The van der Waals surface area contributed by atoms with Crippen LogP contribution in [0, 0.1) is 17.1 Å². The van der Waals surface area contributed by atoms with Gasteiger partial charge in [-0.15, -0.1) is 0 Å². The first kappa shape index (κ1) is 12.5. The summed E-state index contributed by atoms with van der Waals surface area (Å²) in [6.45, 7) is 0. The predicted octanol–water partition coefficient (Wildman–Crippen LogP) is 3.27. The molecule has 1 aromatic heterocycles. The Balaban J connectivity index is 2.40. The van der Waals surface area contributed by atoms with Crippen LogP contribution in [0.2, 0.25) is 5.02 Å². The highest BCUT2D eigenvalue weighted by Crippen LogP contribution is 2.28. The molecule has 0 amide bonds. The van der Waals surface area contributed by atoms with Gasteiger partial charge in [-0.3, -0.25) is 4.57 Å². The van der Waals surface area contributed by atoms with Crippen molar-refractivity contribution in [3.63, 3.8) is 0 Å². The van der Waals surface area contributed by atoms with E-state index in [1.54, 1.807) is 18.2 Å². The third-order valence-electron chi connectivity index (χ3n) is 2.98. The van der Waals surface area contributed by atoms with Crippen LogP contribution in [0.4, 0.5) is 10.3 Å². The van der Waals surface area contributed by atoms with Crippen molar-refractivity contribution in [2.45, 2.75) is 0 Å². The third kappa shape index (κ3) is 1.78. The summed E-state index contributed by atoms with van der Waals surface area (Å²) in [5, 5.41) is 9.46. The number of fused-ring (bicyclic) bond motifs is 1. The molecule has 0 fully saturated rings. The molecule has 3 aromatic rings. The maximum atomic E-state index is 14.0. The van der Waals surface area contributed by atoms with Gasteiger partial charge in [-0.2, -0.15) is 5.26 Å². The molecule has 0 aliphatic carbocycles. The zero-order valence-electron chi connectivity index (χ0n) is 10.1. The highest BCUT2D eigenvalue weighted by atomic mass is 35.5. The number of nitrogens with zero attached hydrogens (tertiary/aromatic N) is 3. The molecule has 98 valence electrons. The van der Waals surface area contributed by atoms with Gasteiger partial charge in [-0.05, 0) is 30.3 Å². The van der Waals surface area contributed by atoms with Crippen LogP contribution in [-0.4, -0.2) is 9.55 Å². The average Bonchev–Trinajstić information content (AvgIpc) is 2.77. The van der Waals surface area contributed by atoms with Crippen molar-refractivity contribution in [2.75, 3.05) is 5.73 Å². The molecule has 2 aromatic carbocycles. The normalized spacial score (nSPS) is 10.7. The number of nitriles is 1. The van der Waals surface area contributed by atoms with Crippen LogP contribution < -0.4 is 5.73 Å². The summed E-state index contributed by atoms with van der Waals surface area (Å²) in [4.78, 5) is 4.14. The molecule has 4 nitrogen and oxygen atoms in total. The Kier molecular flexibility index (Phi) is 2.81. The minimum atomic E-state index is -0.470. The minimum Gasteiger partial charge on any atom is -0.369 e. The number of imidazole rings is 1. The Hall–Kier alpha value is -2.58. The molecule has 0 aliphatic rings. The molecular weight excluding hydrogens is 279 g/mol. The molecule has 3 rings (SSSR count). The number of halogens is 2. The van der Waals surface area contributed by atoms with E-state index in [2.05, 4.69) is 4.98 Å². The number of rotatable bonds is 1. The van der Waals surface area contributed by atoms with Crippen LogP contribution in [0.5, 0.6) is 0 Å². The second kappa shape index (κ2) is 4.51. The molecule has 1 heterocycles. The molecule has 0 spiro atoms. The van der Waals surface area contributed by atoms with Crippen molar-refractivity contribution in [2.24, 2.45) is 0 Å². The summed E-state index contributed by atoms with van der Waals surface area (Å²) in [6, 6.07) is 11.3. The number of nitrogen functional groups attached to an aromatic ring is 1. The quantitative estimate of drug-likeness (QED) is 0.746. The van der Waals surface area contributed by atoms with Crippen molar-refractivity contribution in [3.8, 4) is 11.8 Å². The monoisotopic (exact) mass is 286 g/mol. The fraction of sp³-hybridized carbons (Fsp3) is 0. The van der Waals surface area contributed by atoms with Crippen molar-refractivity contribution in [3.05, 3.63) is 52.8 Å². The Morgan fingerprint density at radius 3 is 2.85 bits per heavy atom. The molecule has 2 N–H and O–H groups in total. The van der Waals surface area contributed by atoms with E-state index in [4.69, 9.17) is 22.6 Å². The minimum absolute atomic E-state index is 0.101. The Morgan fingerprint density at radius 1 is 1.30 bits per heavy atom. The molecule has 0 saturated heterocycles. The van der Waals surface area contributed by atoms with Crippen molar-refractivity contribution < 1.29 is 4.39 Å². The van der Waals surface area contributed by atoms with Gasteiger partial charge >= 0.3 is 0 Å². The molecular formula is C14H8ClFN4. The fourth-order valence-electron chi connectivity index (χ4n) is 2.12. The summed E-state index contributed by atoms with van der Waals surface area (Å²) in [5.41, 5.74) is 7.44. The number of para-hydroxylation sites is 1. The lowest BCUT2D eigenvalue weighted by molar-refractivity contribution is 0.620. The third-order valence-corrected chi connectivity index (χ3v) is 3.22. The van der Waals surface area contributed by atoms with Crippen molar-refractivity contribution in [1.29, 1.82) is 5.26 Å². The molecule has 0 aliphatic heterocycles. The summed E-state index contributed by atoms with van der Waals surface area (Å²) >= 11 is 5.90. The number of benzene rings is 2. The Bertz CT molecular complexity index is 863. The average molecular weight is 287 g/mol. The van der Waals surface area contributed by atoms with Gasteiger partial charge in [0.2, 0.25) is 5.95 Å². The first-order valence-corrected chi connectivity index (χ1v) is 6.12. The fourth-order valence-corrected chi connectivity index (χ4v) is 2.28. The lowest BCUT2D eigenvalue weighted by Gasteiger charge is -2.08. The molecule has 20 heavy (non-hydrogen) atoms. The maximum Gasteiger partial charge on any atom is 0.206 e. The molecule has 0 bridgehead atoms. The van der Waals surface area contributed by atoms with E-state index in [9.17, 15) is 4.39 Å². The van der Waals surface area contributed by atoms with Crippen molar-refractivity contribution >= 4 is 28.6 Å². The number of aromatic nitrogens is 2. The smallest absolute Gasteiger partial charge is 0.206 e. The van der Waals surface area contributed by atoms with Gasteiger partial charge in [0.05, 0.1) is 16.8 Å². The first-order valence-electron chi connectivity index (χ1n) is 5.74. The van der Waals surface area contributed by atoms with Gasteiger partial charge in [0.15, 0.2) is 0 Å². The largest absolute Gasteiger partial charge is 0.369 e. The number of anilines is 1. The predicted molar refractivity (Wildman–Crippen MR) is 75.2 cm³/mol. The Morgan fingerprint density at radius 2 is 2.10 bits per heavy atom. The van der Waals surface area contributed by atoms with E-state index in [0.717, 1.165) is 0 Å². The molecule has 0 unspecified atom stereocenters. The summed E-state index contributed by atoms with van der Waals surface area (Å²) in [7, 11) is 0. The second-order valence-electron chi connectivity index (χ2n) is 4.19. The van der Waals surface area contributed by atoms with Gasteiger partial charge in [0.25, 0.3) is 0 Å². The maximum absolute atomic E-state index is 14.0. The SMILES string of the molecule is N#Cc1cccc2c1nc(N)n2-c1cc(Cl)ccc1F. The number of hydrogen-bond donors (Lipinski definition) is 1. The van der Waals surface area contributed by atoms with Crippen LogP contribution >= 0.6 is 11.6 Å². The highest BCUT2D eigenvalue weighted by Gasteiger charge is 2.15. The van der Waals surface area contributed by atoms with E-state index in [1.165, 1.54) is 22.8 Å². The standard InChI is InChI=1S/C14H8ClFN4/c15-9-4-5-10(16)12(6-9)20-11-3-1-2-8(7-17)13(11)19-14(20)18/h1-6H,(H2,18,19). The zero-order valence-corrected chi connectivity index (χ0v) is 10.9. The summed E-state index contributed by atoms with van der Waals surface area (Å²) in [5.74, 6) is -0.369. The van der Waals surface area contributed by atoms with Gasteiger partial charge < -0.3 is 5.73 Å². The van der Waals surface area contributed by atoms with Crippen LogP contribution in [-0.2, 0) is 0 Å². The number of nitrogens with two attached hydrogens (primary N) is 1. The molecule has 0 radical (unpaired) electrons. The van der Waals surface area contributed by atoms with Crippen LogP contribution in [0.15, 0.2) is 36.4 Å². The molecule has 0 atom stereocenters. The van der Waals surface area contributed by atoms with E-state index < -0.39 is 5.82 Å². The van der Waals surface area contributed by atoms with E-state index in [1.807, 2.05) is 6.07 Å². The molecule has 6 heteroatoms. The van der Waals surface area contributed by atoms with E-state index >= 15 is 0 Å². The van der Waals surface area contributed by atoms with Gasteiger partial charge in [0, 0.05) is 5.02 Å². The topological polar surface area (TPSA) is 67.6 Å². The Labute approximate surface area is 118 Å². The summed E-state index contributed by atoms with van der Waals surface area (Å²) < 4.78 is 15.4. The lowest BCUT2D eigenvalue weighted by atomic mass is 10.2. The first-order chi connectivity index (χ1) is 9.61. The van der Waals surface area contributed by atoms with Gasteiger partial charge in [-0.25, -0.2) is 9.37 Å². The van der Waals surface area contributed by atoms with Crippen LogP contribution in [0.1, 0.15) is 5.56 Å². The number of hydrogen-bond acceptors (Lipinski definition) is 3. The van der Waals surface area contributed by atoms with Crippen molar-refractivity contribution in [1.82, 2.24) is 9.55 Å². The van der Waals surface area contributed by atoms with Gasteiger partial charge in [0.1, 0.15) is 17.4 Å².